The Balaban J connectivity index is 2.51. The van der Waals surface area contributed by atoms with Crippen LogP contribution in [0.25, 0.3) is 0 Å². The lowest BCUT2D eigenvalue weighted by atomic mass is 10.00. The van der Waals surface area contributed by atoms with Gasteiger partial charge in [0, 0.05) is 12.3 Å². The van der Waals surface area contributed by atoms with Crippen molar-refractivity contribution in [3.8, 4) is 5.75 Å². The summed E-state index contributed by atoms with van der Waals surface area (Å²) in [6, 6.07) is 6.08. The highest BCUT2D eigenvalue weighted by molar-refractivity contribution is 5.52. The Morgan fingerprint density at radius 1 is 0.889 bits per heavy atom. The molecule has 0 heterocycles. The first-order valence-corrected chi connectivity index (χ1v) is 11.1. The lowest BCUT2D eigenvalue weighted by Crippen LogP contribution is -2.60. The lowest BCUT2D eigenvalue weighted by Gasteiger charge is -2.33. The number of allylic oxidation sites excluding steroid dienone is 1. The Morgan fingerprint density at radius 3 is 2.00 bits per heavy atom. The van der Waals surface area contributed by atoms with Crippen LogP contribution in [0.2, 0.25) is 0 Å². The minimum atomic E-state index is -6.89. The number of halogens is 9. The fourth-order valence-electron chi connectivity index (χ4n) is 2.83. The molecule has 0 unspecified atom stereocenters. The molecule has 0 fully saturated rings. The number of carbonyl (C=O) groups excluding carboxylic acids is 1. The molecule has 0 aliphatic rings. The van der Waals surface area contributed by atoms with E-state index in [-0.39, 0.29) is 30.3 Å². The summed E-state index contributed by atoms with van der Waals surface area (Å²) in [5.41, 5.74) is 0.737. The van der Waals surface area contributed by atoms with Crippen LogP contribution in [0.4, 0.5) is 39.5 Å². The molecule has 1 aromatic carbocycles. The van der Waals surface area contributed by atoms with Gasteiger partial charge >= 0.3 is 23.9 Å². The fourth-order valence-corrected chi connectivity index (χ4v) is 2.83. The standard InChI is InChI=1S/C24H29F9O3/c1-16(14-34)6-4-7-17(2)18(3)36-15-19-8-10-20(11-9-19)35-13-5-12-21(25,26)22(27,28)23(29,30)24(31,32)33/h4,7-11,14,16-18H,5-6,12-13,15H2,1-3H3/b7-4+/t16-,17+,18+/m1/s1. The lowest BCUT2D eigenvalue weighted by molar-refractivity contribution is -0.396. The largest absolute Gasteiger partial charge is 0.494 e. The van der Waals surface area contributed by atoms with Crippen molar-refractivity contribution in [2.75, 3.05) is 6.61 Å². The van der Waals surface area contributed by atoms with E-state index in [1.165, 1.54) is 12.1 Å². The predicted molar refractivity (Wildman–Crippen MR) is 114 cm³/mol. The van der Waals surface area contributed by atoms with Crippen LogP contribution in [0, 0.1) is 11.8 Å². The molecular weight excluding hydrogens is 507 g/mol. The van der Waals surface area contributed by atoms with Crippen LogP contribution in [-0.2, 0) is 16.1 Å². The average Bonchev–Trinajstić information content (AvgIpc) is 2.79. The van der Waals surface area contributed by atoms with Crippen LogP contribution in [-0.4, -0.2) is 42.9 Å². The summed E-state index contributed by atoms with van der Waals surface area (Å²) in [4.78, 5) is 10.6. The molecule has 0 aromatic heterocycles. The molecule has 0 N–H and O–H groups in total. The molecule has 0 aliphatic heterocycles. The van der Waals surface area contributed by atoms with E-state index in [9.17, 15) is 44.3 Å². The monoisotopic (exact) mass is 536 g/mol. The van der Waals surface area contributed by atoms with E-state index >= 15 is 0 Å². The smallest absolute Gasteiger partial charge is 0.460 e. The number of carbonyl (C=O) groups is 1. The summed E-state index contributed by atoms with van der Waals surface area (Å²) >= 11 is 0. The number of ether oxygens (including phenoxy) is 2. The van der Waals surface area contributed by atoms with Gasteiger partial charge in [-0.2, -0.15) is 39.5 Å². The second kappa shape index (κ2) is 12.8. The zero-order valence-corrected chi connectivity index (χ0v) is 19.9. The van der Waals surface area contributed by atoms with Gasteiger partial charge in [-0.1, -0.05) is 38.1 Å². The van der Waals surface area contributed by atoms with Crippen molar-refractivity contribution in [2.45, 2.75) is 76.7 Å². The second-order valence-corrected chi connectivity index (χ2v) is 8.60. The summed E-state index contributed by atoms with van der Waals surface area (Å²) in [5, 5.41) is 0. The van der Waals surface area contributed by atoms with Gasteiger partial charge in [-0.05, 0) is 43.4 Å². The number of alkyl halides is 9. The normalized spacial score (nSPS) is 16.1. The Labute approximate surface area is 203 Å². The van der Waals surface area contributed by atoms with Crippen molar-refractivity contribution in [1.29, 1.82) is 0 Å². The molecule has 3 nitrogen and oxygen atoms in total. The molecule has 0 saturated carbocycles. The van der Waals surface area contributed by atoms with Gasteiger partial charge in [0.25, 0.3) is 0 Å². The predicted octanol–water partition coefficient (Wildman–Crippen LogP) is 7.64. The third kappa shape index (κ3) is 8.41. The number of hydrogen-bond donors (Lipinski definition) is 0. The van der Waals surface area contributed by atoms with Gasteiger partial charge in [0.05, 0.1) is 19.3 Å². The highest BCUT2D eigenvalue weighted by Gasteiger charge is 2.81. The van der Waals surface area contributed by atoms with Crippen LogP contribution in [0.3, 0.4) is 0 Å². The van der Waals surface area contributed by atoms with E-state index < -0.39 is 43.4 Å². The van der Waals surface area contributed by atoms with Crippen molar-refractivity contribution < 1.29 is 53.8 Å². The van der Waals surface area contributed by atoms with Crippen LogP contribution >= 0.6 is 0 Å². The molecule has 0 aliphatic carbocycles. The van der Waals surface area contributed by atoms with E-state index in [4.69, 9.17) is 9.47 Å². The zero-order chi connectivity index (χ0) is 27.8. The highest BCUT2D eigenvalue weighted by atomic mass is 19.4. The van der Waals surface area contributed by atoms with Crippen molar-refractivity contribution >= 4 is 6.29 Å². The van der Waals surface area contributed by atoms with Gasteiger partial charge in [-0.3, -0.25) is 0 Å². The summed E-state index contributed by atoms with van der Waals surface area (Å²) in [6.45, 7) is 5.26. The van der Waals surface area contributed by atoms with Crippen LogP contribution in [0.15, 0.2) is 36.4 Å². The van der Waals surface area contributed by atoms with Crippen molar-refractivity contribution in [1.82, 2.24) is 0 Å². The molecule has 0 radical (unpaired) electrons. The third-order valence-electron chi connectivity index (χ3n) is 5.47. The van der Waals surface area contributed by atoms with Gasteiger partial charge in [-0.15, -0.1) is 0 Å². The summed E-state index contributed by atoms with van der Waals surface area (Å²) in [7, 11) is 0. The van der Waals surface area contributed by atoms with Crippen molar-refractivity contribution in [2.24, 2.45) is 11.8 Å². The quantitative estimate of drug-likeness (QED) is 0.100. The van der Waals surface area contributed by atoms with Gasteiger partial charge < -0.3 is 14.3 Å². The molecule has 206 valence electrons. The van der Waals surface area contributed by atoms with E-state index in [1.54, 1.807) is 12.1 Å². The average molecular weight is 536 g/mol. The summed E-state index contributed by atoms with van der Waals surface area (Å²) in [5.74, 6) is -18.9. The number of rotatable bonds is 15. The topological polar surface area (TPSA) is 35.5 Å². The van der Waals surface area contributed by atoms with Gasteiger partial charge in [0.15, 0.2) is 0 Å². The molecule has 0 amide bonds. The molecule has 36 heavy (non-hydrogen) atoms. The maximum atomic E-state index is 13.5. The Kier molecular flexibility index (Phi) is 11.3. The number of aldehydes is 1. The minimum absolute atomic E-state index is 0.0676. The molecule has 0 bridgehead atoms. The van der Waals surface area contributed by atoms with Crippen molar-refractivity contribution in [3.63, 3.8) is 0 Å². The first kappa shape index (κ1) is 31.8. The molecule has 1 rings (SSSR count). The van der Waals surface area contributed by atoms with E-state index in [1.807, 2.05) is 32.9 Å². The van der Waals surface area contributed by atoms with Crippen LogP contribution in [0.5, 0.6) is 5.75 Å². The van der Waals surface area contributed by atoms with E-state index in [0.29, 0.717) is 6.42 Å². The molecule has 3 atom stereocenters. The number of benzene rings is 1. The summed E-state index contributed by atoms with van der Waals surface area (Å²) in [6.07, 6.45) is -4.44. The Morgan fingerprint density at radius 2 is 1.47 bits per heavy atom. The molecule has 0 spiro atoms. The van der Waals surface area contributed by atoms with E-state index in [0.717, 1.165) is 11.8 Å². The minimum Gasteiger partial charge on any atom is -0.494 e. The van der Waals surface area contributed by atoms with Crippen molar-refractivity contribution in [3.05, 3.63) is 42.0 Å². The first-order valence-electron chi connectivity index (χ1n) is 11.1. The Bertz CT molecular complexity index is 836. The third-order valence-corrected chi connectivity index (χ3v) is 5.47. The second-order valence-electron chi connectivity index (χ2n) is 8.60. The first-order chi connectivity index (χ1) is 16.5. The van der Waals surface area contributed by atoms with E-state index in [2.05, 4.69) is 0 Å². The fraction of sp³-hybridized carbons (Fsp3) is 0.625. The molecule has 12 heteroatoms. The van der Waals surface area contributed by atoms with Crippen LogP contribution in [0.1, 0.15) is 45.6 Å². The summed E-state index contributed by atoms with van der Waals surface area (Å²) < 4.78 is 127. The van der Waals surface area contributed by atoms with Gasteiger partial charge in [0.1, 0.15) is 12.0 Å². The van der Waals surface area contributed by atoms with Gasteiger partial charge in [0.2, 0.25) is 0 Å². The zero-order valence-electron chi connectivity index (χ0n) is 19.9. The SMILES string of the molecule is C[C@H](OCc1ccc(OCCCC(F)(F)C(F)(F)C(F)(F)C(F)(F)F)cc1)[C@@H](C)/C=C/C[C@@H](C)C=O. The Hall–Kier alpha value is -2.24. The number of hydrogen-bond acceptors (Lipinski definition) is 3. The maximum Gasteiger partial charge on any atom is 0.460 e. The molecule has 1 aromatic rings. The highest BCUT2D eigenvalue weighted by Crippen LogP contribution is 2.54. The molecule has 0 saturated heterocycles. The maximum absolute atomic E-state index is 13.5. The van der Waals surface area contributed by atoms with Crippen LogP contribution < -0.4 is 4.74 Å². The molecular formula is C24H29F9O3. The van der Waals surface area contributed by atoms with Gasteiger partial charge in [-0.25, -0.2) is 0 Å².